The summed E-state index contributed by atoms with van der Waals surface area (Å²) in [5.74, 6) is -0.182. The number of rotatable bonds is 3. The van der Waals surface area contributed by atoms with Gasteiger partial charge in [-0.1, -0.05) is 0 Å². The smallest absolute Gasteiger partial charge is 0.293 e. The Kier molecular flexibility index (Phi) is 3.85. The van der Waals surface area contributed by atoms with E-state index in [9.17, 15) is 9.59 Å². The Labute approximate surface area is 117 Å². The summed E-state index contributed by atoms with van der Waals surface area (Å²) in [7, 11) is 0. The van der Waals surface area contributed by atoms with Crippen LogP contribution < -0.4 is 0 Å². The highest BCUT2D eigenvalue weighted by atomic mass is 32.2. The van der Waals surface area contributed by atoms with Crippen molar-refractivity contribution in [1.29, 1.82) is 0 Å². The summed E-state index contributed by atoms with van der Waals surface area (Å²) in [5, 5.41) is -0.178. The highest BCUT2D eigenvalue weighted by Crippen LogP contribution is 2.32. The molecule has 0 aromatic carbocycles. The number of hydrogen-bond acceptors (Lipinski definition) is 3. The highest BCUT2D eigenvalue weighted by Gasteiger charge is 2.33. The third kappa shape index (κ3) is 2.34. The molecule has 102 valence electrons. The topological polar surface area (TPSA) is 42.3 Å². The van der Waals surface area contributed by atoms with Crippen LogP contribution >= 0.6 is 11.8 Å². The first-order valence-electron chi connectivity index (χ1n) is 6.41. The number of aryl methyl sites for hydroxylation is 1. The standard InChI is InChI=1S/C14H18N2O2S/c1-5-15-9(3)7-11(10(15)4)8-12-13(17)16(6-2)14(18)19-12/h7-8H,5-6H2,1-4H3. The number of nitrogens with zero attached hydrogens (tertiary/aromatic N) is 2. The Morgan fingerprint density at radius 2 is 1.89 bits per heavy atom. The molecule has 2 amide bonds. The summed E-state index contributed by atoms with van der Waals surface area (Å²) in [5.41, 5.74) is 3.31. The molecule has 1 fully saturated rings. The van der Waals surface area contributed by atoms with Gasteiger partial charge in [0.05, 0.1) is 4.91 Å². The largest absolute Gasteiger partial charge is 0.349 e. The van der Waals surface area contributed by atoms with Gasteiger partial charge in [0, 0.05) is 24.5 Å². The molecule has 5 heteroatoms. The Balaban J connectivity index is 2.38. The second-order valence-corrected chi connectivity index (χ2v) is 5.49. The molecule has 0 bridgehead atoms. The molecule has 0 radical (unpaired) electrons. The van der Waals surface area contributed by atoms with Crippen molar-refractivity contribution < 1.29 is 9.59 Å². The fourth-order valence-corrected chi connectivity index (χ4v) is 3.27. The zero-order valence-corrected chi connectivity index (χ0v) is 12.5. The van der Waals surface area contributed by atoms with Crippen LogP contribution in [0.25, 0.3) is 6.08 Å². The monoisotopic (exact) mass is 278 g/mol. The number of amides is 2. The average molecular weight is 278 g/mol. The molecule has 1 saturated heterocycles. The van der Waals surface area contributed by atoms with Gasteiger partial charge < -0.3 is 4.57 Å². The van der Waals surface area contributed by atoms with Gasteiger partial charge in [-0.25, -0.2) is 0 Å². The van der Waals surface area contributed by atoms with Crippen LogP contribution in [0.4, 0.5) is 4.79 Å². The minimum Gasteiger partial charge on any atom is -0.349 e. The molecule has 2 rings (SSSR count). The number of thioether (sulfide) groups is 1. The van der Waals surface area contributed by atoms with Crippen LogP contribution in [0.15, 0.2) is 11.0 Å². The lowest BCUT2D eigenvalue weighted by molar-refractivity contribution is -0.122. The summed E-state index contributed by atoms with van der Waals surface area (Å²) in [6, 6.07) is 2.05. The number of hydrogen-bond donors (Lipinski definition) is 0. The minimum absolute atomic E-state index is 0.178. The predicted octanol–water partition coefficient (Wildman–Crippen LogP) is 3.18. The predicted molar refractivity (Wildman–Crippen MR) is 77.9 cm³/mol. The van der Waals surface area contributed by atoms with Gasteiger partial charge in [0.15, 0.2) is 0 Å². The van der Waals surface area contributed by atoms with Crippen LogP contribution in [0.1, 0.15) is 30.8 Å². The van der Waals surface area contributed by atoms with Crippen molar-refractivity contribution >= 4 is 29.0 Å². The molecular weight excluding hydrogens is 260 g/mol. The number of imide groups is 1. The molecule has 0 atom stereocenters. The lowest BCUT2D eigenvalue weighted by Crippen LogP contribution is -2.27. The molecule has 0 aliphatic carbocycles. The van der Waals surface area contributed by atoms with E-state index in [1.807, 2.05) is 26.8 Å². The number of carbonyl (C=O) groups excluding carboxylic acids is 2. The van der Waals surface area contributed by atoms with Crippen LogP contribution in [-0.4, -0.2) is 27.2 Å². The Morgan fingerprint density at radius 1 is 1.21 bits per heavy atom. The van der Waals surface area contributed by atoms with E-state index in [0.717, 1.165) is 29.6 Å². The van der Waals surface area contributed by atoms with Gasteiger partial charge in [0.25, 0.3) is 11.1 Å². The molecule has 19 heavy (non-hydrogen) atoms. The second-order valence-electron chi connectivity index (χ2n) is 4.50. The lowest BCUT2D eigenvalue weighted by Gasteiger charge is -2.07. The Hall–Kier alpha value is -1.49. The van der Waals surface area contributed by atoms with E-state index < -0.39 is 0 Å². The van der Waals surface area contributed by atoms with E-state index in [-0.39, 0.29) is 11.1 Å². The molecule has 1 aromatic heterocycles. The van der Waals surface area contributed by atoms with Gasteiger partial charge in [-0.3, -0.25) is 14.5 Å². The maximum atomic E-state index is 12.0. The van der Waals surface area contributed by atoms with Crippen molar-refractivity contribution in [2.75, 3.05) is 6.54 Å². The van der Waals surface area contributed by atoms with Crippen molar-refractivity contribution in [3.63, 3.8) is 0 Å². The highest BCUT2D eigenvalue weighted by molar-refractivity contribution is 8.18. The zero-order valence-electron chi connectivity index (χ0n) is 11.7. The summed E-state index contributed by atoms with van der Waals surface area (Å²) < 4.78 is 2.19. The molecule has 4 nitrogen and oxygen atoms in total. The van der Waals surface area contributed by atoms with Crippen molar-refractivity contribution in [2.24, 2.45) is 0 Å². The van der Waals surface area contributed by atoms with Crippen molar-refractivity contribution in [2.45, 2.75) is 34.2 Å². The van der Waals surface area contributed by atoms with E-state index in [4.69, 9.17) is 0 Å². The molecule has 1 aliphatic rings. The van der Waals surface area contributed by atoms with E-state index >= 15 is 0 Å². The molecule has 0 saturated carbocycles. The first-order valence-corrected chi connectivity index (χ1v) is 7.23. The SMILES string of the molecule is CCN1C(=O)SC(=Cc2cc(C)n(CC)c2C)C1=O. The van der Waals surface area contributed by atoms with E-state index in [0.29, 0.717) is 11.4 Å². The lowest BCUT2D eigenvalue weighted by atomic mass is 10.2. The summed E-state index contributed by atoms with van der Waals surface area (Å²) in [6.45, 7) is 9.31. The van der Waals surface area contributed by atoms with Gasteiger partial charge in [0.1, 0.15) is 0 Å². The summed E-state index contributed by atoms with van der Waals surface area (Å²) in [6.07, 6.45) is 1.83. The van der Waals surface area contributed by atoms with Crippen LogP contribution in [0.2, 0.25) is 0 Å². The first kappa shape index (κ1) is 13.9. The quantitative estimate of drug-likeness (QED) is 0.797. The van der Waals surface area contributed by atoms with Gasteiger partial charge in [-0.05, 0) is 57.2 Å². The van der Waals surface area contributed by atoms with Gasteiger partial charge in [-0.15, -0.1) is 0 Å². The van der Waals surface area contributed by atoms with Gasteiger partial charge >= 0.3 is 0 Å². The fraction of sp³-hybridized carbons (Fsp3) is 0.429. The summed E-state index contributed by atoms with van der Waals surface area (Å²) >= 11 is 1.02. The van der Waals surface area contributed by atoms with Crippen molar-refractivity contribution in [1.82, 2.24) is 9.47 Å². The first-order chi connectivity index (χ1) is 8.99. The Morgan fingerprint density at radius 3 is 2.37 bits per heavy atom. The third-order valence-corrected chi connectivity index (χ3v) is 4.31. The van der Waals surface area contributed by atoms with Crippen LogP contribution in [0, 0.1) is 13.8 Å². The summed E-state index contributed by atoms with van der Waals surface area (Å²) in [4.78, 5) is 25.5. The third-order valence-electron chi connectivity index (χ3n) is 3.41. The van der Waals surface area contributed by atoms with Gasteiger partial charge in [-0.2, -0.15) is 0 Å². The van der Waals surface area contributed by atoms with E-state index in [2.05, 4.69) is 17.6 Å². The maximum absolute atomic E-state index is 12.0. The molecular formula is C14H18N2O2S. The second kappa shape index (κ2) is 5.25. The molecule has 2 heterocycles. The van der Waals surface area contributed by atoms with Crippen LogP contribution in [-0.2, 0) is 11.3 Å². The average Bonchev–Trinajstić information content (AvgIpc) is 2.78. The molecule has 0 unspecified atom stereocenters. The Bertz CT molecular complexity index is 572. The van der Waals surface area contributed by atoms with Crippen molar-refractivity contribution in [3.8, 4) is 0 Å². The van der Waals surface area contributed by atoms with Crippen LogP contribution in [0.3, 0.4) is 0 Å². The zero-order chi connectivity index (χ0) is 14.2. The van der Waals surface area contributed by atoms with E-state index in [1.165, 1.54) is 10.6 Å². The maximum Gasteiger partial charge on any atom is 0.293 e. The van der Waals surface area contributed by atoms with Crippen molar-refractivity contribution in [3.05, 3.63) is 27.9 Å². The van der Waals surface area contributed by atoms with Crippen LogP contribution in [0.5, 0.6) is 0 Å². The molecule has 0 spiro atoms. The van der Waals surface area contributed by atoms with E-state index in [1.54, 1.807) is 0 Å². The number of carbonyl (C=O) groups is 2. The minimum atomic E-state index is -0.182. The molecule has 0 N–H and O–H groups in total. The fourth-order valence-electron chi connectivity index (χ4n) is 2.37. The number of likely N-dealkylation sites (N-methyl/N-ethyl adjacent to an activating group) is 1. The molecule has 1 aliphatic heterocycles. The molecule has 1 aromatic rings. The van der Waals surface area contributed by atoms with Gasteiger partial charge in [0.2, 0.25) is 0 Å². The number of aromatic nitrogens is 1. The normalized spacial score (nSPS) is 17.9.